The lowest BCUT2D eigenvalue weighted by molar-refractivity contribution is 0.345. The van der Waals surface area contributed by atoms with E-state index in [0.29, 0.717) is 6.04 Å². The molecule has 1 atom stereocenters. The van der Waals surface area contributed by atoms with E-state index in [1.54, 1.807) is 7.11 Å². The van der Waals surface area contributed by atoms with Gasteiger partial charge in [-0.1, -0.05) is 6.07 Å². The van der Waals surface area contributed by atoms with Crippen LogP contribution in [-0.2, 0) is 0 Å². The number of hydrogen-bond donors (Lipinski definition) is 2. The Morgan fingerprint density at radius 2 is 2.10 bits per heavy atom. The summed E-state index contributed by atoms with van der Waals surface area (Å²) in [6.07, 6.45) is 2.57. The molecule has 0 aliphatic carbocycles. The summed E-state index contributed by atoms with van der Waals surface area (Å²) in [7, 11) is 1.69. The molecule has 0 aromatic heterocycles. The second-order valence-corrected chi connectivity index (χ2v) is 6.07. The van der Waals surface area contributed by atoms with Crippen molar-refractivity contribution in [3.8, 4) is 5.75 Å². The van der Waals surface area contributed by atoms with Crippen LogP contribution in [0, 0.1) is 5.92 Å². The van der Waals surface area contributed by atoms with E-state index in [-0.39, 0.29) is 12.4 Å². The molecule has 0 saturated carbocycles. The molecule has 1 aromatic rings. The van der Waals surface area contributed by atoms with Crippen LogP contribution in [0.15, 0.2) is 22.7 Å². The fourth-order valence-electron chi connectivity index (χ4n) is 2.50. The van der Waals surface area contributed by atoms with Crippen LogP contribution in [-0.4, -0.2) is 26.7 Å². The highest BCUT2D eigenvalue weighted by molar-refractivity contribution is 9.10. The molecule has 0 spiro atoms. The second-order valence-electron chi connectivity index (χ2n) is 5.22. The molecule has 20 heavy (non-hydrogen) atoms. The highest BCUT2D eigenvalue weighted by atomic mass is 79.9. The molecule has 1 aliphatic heterocycles. The van der Waals surface area contributed by atoms with Gasteiger partial charge in [-0.15, -0.1) is 12.4 Å². The van der Waals surface area contributed by atoms with E-state index in [0.717, 1.165) is 35.8 Å². The van der Waals surface area contributed by atoms with Crippen molar-refractivity contribution in [3.63, 3.8) is 0 Å². The molecular weight excluding hydrogens is 340 g/mol. The Balaban J connectivity index is 0.00000200. The molecule has 1 heterocycles. The van der Waals surface area contributed by atoms with Gasteiger partial charge in [-0.3, -0.25) is 0 Å². The maximum absolute atomic E-state index is 5.26. The van der Waals surface area contributed by atoms with Gasteiger partial charge in [-0.2, -0.15) is 0 Å². The molecule has 2 N–H and O–H groups in total. The minimum Gasteiger partial charge on any atom is -0.496 e. The van der Waals surface area contributed by atoms with Gasteiger partial charge in [0.1, 0.15) is 5.75 Å². The predicted octanol–water partition coefficient (Wildman–Crippen LogP) is 3.53. The smallest absolute Gasteiger partial charge is 0.133 e. The van der Waals surface area contributed by atoms with E-state index in [4.69, 9.17) is 4.74 Å². The lowest BCUT2D eigenvalue weighted by Crippen LogP contribution is -2.34. The summed E-state index contributed by atoms with van der Waals surface area (Å²) in [5.41, 5.74) is 1.29. The van der Waals surface area contributed by atoms with Crippen LogP contribution in [0.2, 0.25) is 0 Å². The van der Waals surface area contributed by atoms with Crippen molar-refractivity contribution in [3.05, 3.63) is 28.2 Å². The first-order valence-corrected chi connectivity index (χ1v) is 7.77. The standard InChI is InChI=1S/C15H23BrN2O.ClH/c1-11(18-10-12-5-7-17-8-6-12)13-3-4-15(19-2)14(16)9-13;/h3-4,9,11-12,17-18H,5-8,10H2,1-2H3;1H. The van der Waals surface area contributed by atoms with Gasteiger partial charge in [0, 0.05) is 6.04 Å². The van der Waals surface area contributed by atoms with Gasteiger partial charge in [0.05, 0.1) is 11.6 Å². The van der Waals surface area contributed by atoms with Crippen molar-refractivity contribution in [2.24, 2.45) is 5.92 Å². The summed E-state index contributed by atoms with van der Waals surface area (Å²) in [5, 5.41) is 7.05. The second kappa shape index (κ2) is 8.88. The topological polar surface area (TPSA) is 33.3 Å². The lowest BCUT2D eigenvalue weighted by Gasteiger charge is -2.25. The number of rotatable bonds is 5. The zero-order valence-corrected chi connectivity index (χ0v) is 14.5. The lowest BCUT2D eigenvalue weighted by atomic mass is 9.97. The first-order chi connectivity index (χ1) is 9.20. The Bertz CT molecular complexity index is 411. The number of benzene rings is 1. The number of hydrogen-bond acceptors (Lipinski definition) is 3. The molecule has 0 radical (unpaired) electrons. The monoisotopic (exact) mass is 362 g/mol. The SMILES string of the molecule is COc1ccc(C(C)NCC2CCNCC2)cc1Br.Cl. The summed E-state index contributed by atoms with van der Waals surface area (Å²) >= 11 is 3.54. The van der Waals surface area contributed by atoms with E-state index in [2.05, 4.69) is 45.6 Å². The Kier molecular flexibility index (Phi) is 7.88. The summed E-state index contributed by atoms with van der Waals surface area (Å²) in [4.78, 5) is 0. The van der Waals surface area contributed by atoms with Gasteiger partial charge in [-0.25, -0.2) is 0 Å². The zero-order chi connectivity index (χ0) is 13.7. The number of halogens is 2. The third kappa shape index (κ3) is 4.92. The molecule has 1 aliphatic rings. The van der Waals surface area contributed by atoms with Crippen molar-refractivity contribution < 1.29 is 4.74 Å². The highest BCUT2D eigenvalue weighted by Crippen LogP contribution is 2.28. The average Bonchev–Trinajstić information content (AvgIpc) is 2.45. The number of ether oxygens (including phenoxy) is 1. The van der Waals surface area contributed by atoms with Gasteiger partial charge >= 0.3 is 0 Å². The van der Waals surface area contributed by atoms with Crippen molar-refractivity contribution in [2.45, 2.75) is 25.8 Å². The van der Waals surface area contributed by atoms with Crippen LogP contribution in [0.4, 0.5) is 0 Å². The van der Waals surface area contributed by atoms with Crippen molar-refractivity contribution in [2.75, 3.05) is 26.7 Å². The predicted molar refractivity (Wildman–Crippen MR) is 90.0 cm³/mol. The van der Waals surface area contributed by atoms with Crippen molar-refractivity contribution >= 4 is 28.3 Å². The highest BCUT2D eigenvalue weighted by Gasteiger charge is 2.14. The van der Waals surface area contributed by atoms with Crippen LogP contribution in [0.3, 0.4) is 0 Å². The number of nitrogens with one attached hydrogen (secondary N) is 2. The molecule has 0 amide bonds. The normalized spacial score (nSPS) is 17.4. The van der Waals surface area contributed by atoms with Crippen LogP contribution in [0.25, 0.3) is 0 Å². The molecule has 5 heteroatoms. The largest absolute Gasteiger partial charge is 0.496 e. The van der Waals surface area contributed by atoms with E-state index < -0.39 is 0 Å². The molecule has 0 bridgehead atoms. The van der Waals surface area contributed by atoms with Crippen LogP contribution < -0.4 is 15.4 Å². The first-order valence-electron chi connectivity index (χ1n) is 6.98. The summed E-state index contributed by atoms with van der Waals surface area (Å²) in [6, 6.07) is 6.65. The van der Waals surface area contributed by atoms with Crippen LogP contribution >= 0.6 is 28.3 Å². The maximum atomic E-state index is 5.26. The van der Waals surface area contributed by atoms with E-state index in [9.17, 15) is 0 Å². The third-order valence-electron chi connectivity index (χ3n) is 3.85. The molecule has 114 valence electrons. The molecule has 3 nitrogen and oxygen atoms in total. The molecule has 1 fully saturated rings. The minimum atomic E-state index is 0. The third-order valence-corrected chi connectivity index (χ3v) is 4.47. The van der Waals surface area contributed by atoms with Gasteiger partial charge in [0.25, 0.3) is 0 Å². The minimum absolute atomic E-state index is 0. The molecule has 1 unspecified atom stereocenters. The summed E-state index contributed by atoms with van der Waals surface area (Å²) < 4.78 is 6.28. The Hall–Kier alpha value is -0.290. The van der Waals surface area contributed by atoms with E-state index in [1.165, 1.54) is 18.4 Å². The molecule has 1 saturated heterocycles. The Morgan fingerprint density at radius 3 is 2.70 bits per heavy atom. The maximum Gasteiger partial charge on any atom is 0.133 e. The molecule has 1 aromatic carbocycles. The fraction of sp³-hybridized carbons (Fsp3) is 0.600. The number of methoxy groups -OCH3 is 1. The Labute approximate surface area is 136 Å². The first kappa shape index (κ1) is 17.8. The van der Waals surface area contributed by atoms with Crippen LogP contribution in [0.5, 0.6) is 5.75 Å². The molecule has 2 rings (SSSR count). The Morgan fingerprint density at radius 1 is 1.40 bits per heavy atom. The van der Waals surface area contributed by atoms with Gasteiger partial charge in [-0.05, 0) is 78.9 Å². The van der Waals surface area contributed by atoms with Crippen molar-refractivity contribution in [1.29, 1.82) is 0 Å². The van der Waals surface area contributed by atoms with E-state index in [1.807, 2.05) is 6.07 Å². The van der Waals surface area contributed by atoms with E-state index >= 15 is 0 Å². The van der Waals surface area contributed by atoms with Crippen molar-refractivity contribution in [1.82, 2.24) is 10.6 Å². The summed E-state index contributed by atoms with van der Waals surface area (Å²) in [6.45, 7) is 5.64. The van der Waals surface area contributed by atoms with Gasteiger partial charge in [0.2, 0.25) is 0 Å². The van der Waals surface area contributed by atoms with Crippen LogP contribution in [0.1, 0.15) is 31.4 Å². The fourth-order valence-corrected chi connectivity index (χ4v) is 3.06. The molecular formula is C15H24BrClN2O. The zero-order valence-electron chi connectivity index (χ0n) is 12.1. The average molecular weight is 364 g/mol. The number of piperidine rings is 1. The van der Waals surface area contributed by atoms with Gasteiger partial charge in [0.15, 0.2) is 0 Å². The summed E-state index contributed by atoms with van der Waals surface area (Å²) in [5.74, 6) is 1.69. The quantitative estimate of drug-likeness (QED) is 0.839. The van der Waals surface area contributed by atoms with Gasteiger partial charge < -0.3 is 15.4 Å².